The SMILES string of the molecule is Cc1ccc(C[C@@H]([C@H](O)C(=O)N2C[C@@H](Cl)C[C@H]2C(=O)NC(C)(C)C)N(Cc2ccccc2)C(=O)OC(C)(C)C)cc1. The van der Waals surface area contributed by atoms with E-state index in [1.165, 1.54) is 9.80 Å². The van der Waals surface area contributed by atoms with Crippen LogP contribution < -0.4 is 5.32 Å². The van der Waals surface area contributed by atoms with Crippen molar-refractivity contribution < 1.29 is 24.2 Å². The van der Waals surface area contributed by atoms with Crippen molar-refractivity contribution in [2.45, 2.75) is 103 Å². The molecule has 1 heterocycles. The van der Waals surface area contributed by atoms with E-state index < -0.39 is 46.7 Å². The molecule has 2 N–H and O–H groups in total. The molecule has 0 bridgehead atoms. The second kappa shape index (κ2) is 13.3. The minimum absolute atomic E-state index is 0.113. The number of halogens is 1. The van der Waals surface area contributed by atoms with Gasteiger partial charge in [-0.25, -0.2) is 4.79 Å². The normalized spacial score (nSPS) is 18.9. The summed E-state index contributed by atoms with van der Waals surface area (Å²) in [6, 6.07) is 15.3. The zero-order valence-electron chi connectivity index (χ0n) is 25.2. The molecule has 0 saturated carbocycles. The molecule has 1 fully saturated rings. The summed E-state index contributed by atoms with van der Waals surface area (Å²) >= 11 is 6.44. The van der Waals surface area contributed by atoms with Gasteiger partial charge in [-0.05, 0) is 72.4 Å². The number of rotatable bonds is 8. The number of alkyl halides is 1. The van der Waals surface area contributed by atoms with E-state index in [-0.39, 0.29) is 31.8 Å². The fraction of sp³-hybridized carbons (Fsp3) is 0.531. The fourth-order valence-corrected chi connectivity index (χ4v) is 5.16. The van der Waals surface area contributed by atoms with E-state index in [9.17, 15) is 19.5 Å². The van der Waals surface area contributed by atoms with Crippen molar-refractivity contribution in [2.24, 2.45) is 0 Å². The number of amides is 3. The molecule has 0 radical (unpaired) electrons. The van der Waals surface area contributed by atoms with Crippen LogP contribution in [0, 0.1) is 6.92 Å². The third kappa shape index (κ3) is 9.47. The Labute approximate surface area is 249 Å². The number of aryl methyl sites for hydroxylation is 1. The lowest BCUT2D eigenvalue weighted by atomic mass is 9.97. The van der Waals surface area contributed by atoms with Crippen LogP contribution in [-0.4, -0.2) is 74.1 Å². The maximum Gasteiger partial charge on any atom is 0.410 e. The number of aliphatic hydroxyl groups is 1. The van der Waals surface area contributed by atoms with Gasteiger partial charge >= 0.3 is 6.09 Å². The number of hydrogen-bond donors (Lipinski definition) is 2. The number of carbonyl (C=O) groups excluding carboxylic acids is 3. The van der Waals surface area contributed by atoms with Gasteiger partial charge in [0.25, 0.3) is 5.91 Å². The Hall–Kier alpha value is -3.10. The number of benzene rings is 2. The van der Waals surface area contributed by atoms with Crippen molar-refractivity contribution >= 4 is 29.5 Å². The molecular formula is C32H44ClN3O5. The van der Waals surface area contributed by atoms with Crippen molar-refractivity contribution in [1.29, 1.82) is 0 Å². The third-order valence-electron chi connectivity index (χ3n) is 6.74. The zero-order chi connectivity index (χ0) is 30.5. The lowest BCUT2D eigenvalue weighted by Gasteiger charge is -2.37. The zero-order valence-corrected chi connectivity index (χ0v) is 25.9. The number of nitrogens with one attached hydrogen (secondary N) is 1. The Bertz CT molecular complexity index is 1190. The highest BCUT2D eigenvalue weighted by Crippen LogP contribution is 2.27. The van der Waals surface area contributed by atoms with Gasteiger partial charge in [0.2, 0.25) is 5.91 Å². The maximum absolute atomic E-state index is 14.0. The summed E-state index contributed by atoms with van der Waals surface area (Å²) in [4.78, 5) is 43.6. The predicted octanol–water partition coefficient (Wildman–Crippen LogP) is 4.83. The number of carbonyl (C=O) groups is 3. The van der Waals surface area contributed by atoms with Gasteiger partial charge in [-0.15, -0.1) is 11.6 Å². The predicted molar refractivity (Wildman–Crippen MR) is 161 cm³/mol. The Morgan fingerprint density at radius 1 is 1.02 bits per heavy atom. The Morgan fingerprint density at radius 2 is 1.63 bits per heavy atom. The van der Waals surface area contributed by atoms with Crippen molar-refractivity contribution in [3.8, 4) is 0 Å². The minimum atomic E-state index is -1.64. The number of aliphatic hydroxyl groups excluding tert-OH is 1. The van der Waals surface area contributed by atoms with Crippen LogP contribution in [0.25, 0.3) is 0 Å². The quantitative estimate of drug-likeness (QED) is 0.433. The molecule has 4 atom stereocenters. The molecule has 0 aliphatic carbocycles. The average molecular weight is 586 g/mol. The van der Waals surface area contributed by atoms with Gasteiger partial charge in [-0.2, -0.15) is 0 Å². The first-order valence-corrected chi connectivity index (χ1v) is 14.5. The van der Waals surface area contributed by atoms with Gasteiger partial charge in [0.1, 0.15) is 11.6 Å². The first-order chi connectivity index (χ1) is 19.0. The van der Waals surface area contributed by atoms with Gasteiger partial charge in [0.05, 0.1) is 11.4 Å². The van der Waals surface area contributed by atoms with E-state index in [0.717, 1.165) is 16.7 Å². The van der Waals surface area contributed by atoms with Crippen molar-refractivity contribution in [3.05, 3.63) is 71.3 Å². The van der Waals surface area contributed by atoms with E-state index in [1.54, 1.807) is 20.8 Å². The molecule has 3 rings (SSSR count). The first-order valence-electron chi connectivity index (χ1n) is 14.1. The van der Waals surface area contributed by atoms with Gasteiger partial charge < -0.3 is 20.1 Å². The van der Waals surface area contributed by atoms with E-state index >= 15 is 0 Å². The highest BCUT2D eigenvalue weighted by atomic mass is 35.5. The fourth-order valence-electron chi connectivity index (χ4n) is 4.84. The Balaban J connectivity index is 2.01. The number of ether oxygens (including phenoxy) is 1. The summed E-state index contributed by atoms with van der Waals surface area (Å²) in [5, 5.41) is 14.2. The second-order valence-electron chi connectivity index (χ2n) is 12.9. The van der Waals surface area contributed by atoms with Crippen molar-refractivity contribution in [3.63, 3.8) is 0 Å². The van der Waals surface area contributed by atoms with Gasteiger partial charge in [0, 0.05) is 18.6 Å². The lowest BCUT2D eigenvalue weighted by molar-refractivity contribution is -0.148. The number of likely N-dealkylation sites (tertiary alicyclic amines) is 1. The van der Waals surface area contributed by atoms with Crippen LogP contribution in [-0.2, 0) is 27.3 Å². The molecule has 1 saturated heterocycles. The second-order valence-corrected chi connectivity index (χ2v) is 13.5. The third-order valence-corrected chi connectivity index (χ3v) is 7.06. The maximum atomic E-state index is 14.0. The van der Waals surface area contributed by atoms with Crippen LogP contribution in [0.4, 0.5) is 4.79 Å². The summed E-state index contributed by atoms with van der Waals surface area (Å²) in [6.07, 6.45) is -1.83. The largest absolute Gasteiger partial charge is 0.444 e. The Kier molecular flexibility index (Phi) is 10.5. The van der Waals surface area contributed by atoms with Crippen LogP contribution in [0.1, 0.15) is 64.7 Å². The lowest BCUT2D eigenvalue weighted by Crippen LogP contribution is -2.58. The summed E-state index contributed by atoms with van der Waals surface area (Å²) < 4.78 is 5.76. The highest BCUT2D eigenvalue weighted by Gasteiger charge is 2.45. The molecule has 3 amide bonds. The van der Waals surface area contributed by atoms with Gasteiger partial charge in [0.15, 0.2) is 6.10 Å². The summed E-state index contributed by atoms with van der Waals surface area (Å²) in [7, 11) is 0. The van der Waals surface area contributed by atoms with Crippen LogP contribution in [0.3, 0.4) is 0 Å². The molecule has 224 valence electrons. The molecular weight excluding hydrogens is 542 g/mol. The minimum Gasteiger partial charge on any atom is -0.444 e. The average Bonchev–Trinajstić information content (AvgIpc) is 3.27. The topological polar surface area (TPSA) is 99.2 Å². The summed E-state index contributed by atoms with van der Waals surface area (Å²) in [5.74, 6) is -0.981. The molecule has 1 aliphatic heterocycles. The van der Waals surface area contributed by atoms with Crippen LogP contribution in [0.15, 0.2) is 54.6 Å². The van der Waals surface area contributed by atoms with Crippen molar-refractivity contribution in [1.82, 2.24) is 15.1 Å². The molecule has 9 heteroatoms. The number of hydrogen-bond acceptors (Lipinski definition) is 5. The smallest absolute Gasteiger partial charge is 0.410 e. The summed E-state index contributed by atoms with van der Waals surface area (Å²) in [5.41, 5.74) is 1.41. The molecule has 2 aromatic carbocycles. The van der Waals surface area contributed by atoms with Gasteiger partial charge in [-0.3, -0.25) is 14.5 Å². The van der Waals surface area contributed by atoms with Crippen LogP contribution in [0.2, 0.25) is 0 Å². The molecule has 0 spiro atoms. The molecule has 41 heavy (non-hydrogen) atoms. The van der Waals surface area contributed by atoms with E-state index in [0.29, 0.717) is 0 Å². The summed E-state index contributed by atoms with van der Waals surface area (Å²) in [6.45, 7) is 13.1. The standard InChI is InChI=1S/C32H44ClN3O5/c1-21-13-15-22(16-14-21)17-25(36(30(40)41-32(5,6)7)19-23-11-9-8-10-12-23)27(37)29(39)35-20-24(33)18-26(35)28(38)34-31(2,3)4/h8-16,24-27,37H,17-20H2,1-7H3,(H,34,38)/t24-,25-,26-,27-/m0/s1. The van der Waals surface area contributed by atoms with E-state index in [1.807, 2.05) is 82.3 Å². The molecule has 0 unspecified atom stereocenters. The first kappa shape index (κ1) is 32.4. The monoisotopic (exact) mass is 585 g/mol. The van der Waals surface area contributed by atoms with E-state index in [2.05, 4.69) is 5.32 Å². The molecule has 0 aromatic heterocycles. The van der Waals surface area contributed by atoms with Gasteiger partial charge in [-0.1, -0.05) is 60.2 Å². The van der Waals surface area contributed by atoms with Crippen LogP contribution >= 0.6 is 11.6 Å². The Morgan fingerprint density at radius 3 is 2.20 bits per heavy atom. The van der Waals surface area contributed by atoms with Crippen LogP contribution in [0.5, 0.6) is 0 Å². The van der Waals surface area contributed by atoms with E-state index in [4.69, 9.17) is 16.3 Å². The molecule has 8 nitrogen and oxygen atoms in total. The molecule has 1 aliphatic rings. The highest BCUT2D eigenvalue weighted by molar-refractivity contribution is 6.21. The van der Waals surface area contributed by atoms with Crippen molar-refractivity contribution in [2.75, 3.05) is 6.54 Å². The number of nitrogens with zero attached hydrogens (tertiary/aromatic N) is 2. The molecule has 2 aromatic rings.